The molecule has 0 aromatic carbocycles. The van der Waals surface area contributed by atoms with E-state index in [0.717, 1.165) is 12.8 Å². The molecule has 1 fully saturated rings. The molecule has 1 amide bonds. The average molecular weight is 224 g/mol. The second-order valence-electron chi connectivity index (χ2n) is 4.11. The number of nitrogens with one attached hydrogen (secondary N) is 1. The number of carbonyl (C=O) groups is 1. The molecule has 3 N–H and O–H groups in total. The highest BCUT2D eigenvalue weighted by molar-refractivity contribution is 5.90. The fraction of sp³-hybridized carbons (Fsp3) is 0.778. The van der Waals surface area contributed by atoms with Crippen molar-refractivity contribution in [1.82, 2.24) is 25.5 Å². The molecular weight excluding hydrogens is 208 g/mol. The fourth-order valence-corrected chi connectivity index (χ4v) is 2.06. The molecule has 2 unspecified atom stereocenters. The van der Waals surface area contributed by atoms with Crippen molar-refractivity contribution in [2.24, 2.45) is 11.7 Å². The Morgan fingerprint density at radius 1 is 1.69 bits per heavy atom. The van der Waals surface area contributed by atoms with Gasteiger partial charge in [-0.15, -0.1) is 10.2 Å². The van der Waals surface area contributed by atoms with Crippen LogP contribution in [0.1, 0.15) is 30.4 Å². The van der Waals surface area contributed by atoms with Crippen molar-refractivity contribution in [3.63, 3.8) is 0 Å². The van der Waals surface area contributed by atoms with E-state index in [0.29, 0.717) is 19.0 Å². The van der Waals surface area contributed by atoms with Gasteiger partial charge >= 0.3 is 0 Å². The van der Waals surface area contributed by atoms with E-state index in [4.69, 9.17) is 5.73 Å². The number of aromatic nitrogens is 4. The number of carbonyl (C=O) groups excluding carboxylic acids is 1. The van der Waals surface area contributed by atoms with Crippen molar-refractivity contribution < 1.29 is 4.79 Å². The van der Waals surface area contributed by atoms with Gasteiger partial charge in [0.25, 0.3) is 11.7 Å². The molecule has 1 aromatic rings. The largest absolute Gasteiger partial charge is 0.335 e. The van der Waals surface area contributed by atoms with Crippen LogP contribution in [0.2, 0.25) is 0 Å². The summed E-state index contributed by atoms with van der Waals surface area (Å²) in [6.45, 7) is 3.45. The molecule has 0 bridgehead atoms. The van der Waals surface area contributed by atoms with E-state index in [2.05, 4.69) is 27.5 Å². The van der Waals surface area contributed by atoms with Crippen LogP contribution < -0.4 is 5.73 Å². The number of tetrazole rings is 1. The number of hydrogen-bond donors (Lipinski definition) is 2. The molecule has 88 valence electrons. The van der Waals surface area contributed by atoms with E-state index in [1.54, 1.807) is 4.90 Å². The Labute approximate surface area is 93.4 Å². The molecule has 0 saturated carbocycles. The molecule has 1 aliphatic rings. The van der Waals surface area contributed by atoms with Crippen LogP contribution in [-0.2, 0) is 0 Å². The topological polar surface area (TPSA) is 101 Å². The van der Waals surface area contributed by atoms with Gasteiger partial charge in [0.2, 0.25) is 0 Å². The summed E-state index contributed by atoms with van der Waals surface area (Å²) < 4.78 is 0. The van der Waals surface area contributed by atoms with Crippen molar-refractivity contribution in [3.05, 3.63) is 5.82 Å². The summed E-state index contributed by atoms with van der Waals surface area (Å²) in [7, 11) is 0. The summed E-state index contributed by atoms with van der Waals surface area (Å²) in [5, 5.41) is 13.0. The van der Waals surface area contributed by atoms with Gasteiger partial charge in [0.15, 0.2) is 0 Å². The minimum absolute atomic E-state index is 0.130. The van der Waals surface area contributed by atoms with Crippen LogP contribution in [0.3, 0.4) is 0 Å². The average Bonchev–Trinajstić information content (AvgIpc) is 2.82. The Balaban J connectivity index is 2.03. The van der Waals surface area contributed by atoms with Crippen molar-refractivity contribution in [2.75, 3.05) is 13.1 Å². The van der Waals surface area contributed by atoms with E-state index in [1.807, 2.05) is 0 Å². The van der Waals surface area contributed by atoms with Gasteiger partial charge < -0.3 is 10.6 Å². The summed E-state index contributed by atoms with van der Waals surface area (Å²) in [4.78, 5) is 13.7. The molecule has 1 aromatic heterocycles. The zero-order valence-electron chi connectivity index (χ0n) is 9.26. The SMILES string of the molecule is CCC1CN(C(=O)c2nn[nH]n2)CCC1N. The van der Waals surface area contributed by atoms with Gasteiger partial charge in [-0.05, 0) is 17.6 Å². The number of H-pyrrole nitrogens is 1. The summed E-state index contributed by atoms with van der Waals surface area (Å²) >= 11 is 0. The van der Waals surface area contributed by atoms with Crippen molar-refractivity contribution in [2.45, 2.75) is 25.8 Å². The number of likely N-dealkylation sites (tertiary alicyclic amines) is 1. The minimum Gasteiger partial charge on any atom is -0.335 e. The Morgan fingerprint density at radius 3 is 3.12 bits per heavy atom. The predicted molar refractivity (Wildman–Crippen MR) is 56.5 cm³/mol. The highest BCUT2D eigenvalue weighted by Crippen LogP contribution is 2.19. The van der Waals surface area contributed by atoms with Crippen molar-refractivity contribution in [3.8, 4) is 0 Å². The van der Waals surface area contributed by atoms with Crippen molar-refractivity contribution >= 4 is 5.91 Å². The summed E-state index contributed by atoms with van der Waals surface area (Å²) in [5.41, 5.74) is 5.98. The molecule has 2 rings (SSSR count). The number of hydrogen-bond acceptors (Lipinski definition) is 5. The number of piperidine rings is 1. The van der Waals surface area contributed by atoms with Gasteiger partial charge in [0.05, 0.1) is 0 Å². The van der Waals surface area contributed by atoms with E-state index >= 15 is 0 Å². The van der Waals surface area contributed by atoms with Crippen LogP contribution in [0.15, 0.2) is 0 Å². The third-order valence-electron chi connectivity index (χ3n) is 3.14. The molecule has 2 atom stereocenters. The second-order valence-corrected chi connectivity index (χ2v) is 4.11. The zero-order valence-corrected chi connectivity index (χ0v) is 9.26. The van der Waals surface area contributed by atoms with Gasteiger partial charge in [-0.2, -0.15) is 5.21 Å². The number of nitrogens with zero attached hydrogens (tertiary/aromatic N) is 4. The maximum Gasteiger partial charge on any atom is 0.295 e. The first kappa shape index (κ1) is 11.0. The highest BCUT2D eigenvalue weighted by Gasteiger charge is 2.29. The van der Waals surface area contributed by atoms with E-state index < -0.39 is 0 Å². The minimum atomic E-state index is -0.167. The van der Waals surface area contributed by atoms with Gasteiger partial charge in [-0.25, -0.2) is 0 Å². The van der Waals surface area contributed by atoms with Crippen molar-refractivity contribution in [1.29, 1.82) is 0 Å². The molecule has 16 heavy (non-hydrogen) atoms. The smallest absolute Gasteiger partial charge is 0.295 e. The van der Waals surface area contributed by atoms with Gasteiger partial charge in [-0.3, -0.25) is 4.79 Å². The third kappa shape index (κ3) is 2.04. The monoisotopic (exact) mass is 224 g/mol. The molecule has 1 aliphatic heterocycles. The fourth-order valence-electron chi connectivity index (χ4n) is 2.06. The van der Waals surface area contributed by atoms with Gasteiger partial charge in [0.1, 0.15) is 0 Å². The summed E-state index contributed by atoms with van der Waals surface area (Å²) in [5.74, 6) is 0.328. The molecule has 0 spiro atoms. The van der Waals surface area contributed by atoms with Gasteiger partial charge in [0, 0.05) is 19.1 Å². The van der Waals surface area contributed by atoms with Crippen LogP contribution in [0.4, 0.5) is 0 Å². The normalized spacial score (nSPS) is 25.8. The molecular formula is C9H16N6O. The Hall–Kier alpha value is -1.50. The van der Waals surface area contributed by atoms with Crippen LogP contribution >= 0.6 is 0 Å². The lowest BCUT2D eigenvalue weighted by atomic mass is 9.91. The maximum absolute atomic E-state index is 11.9. The van der Waals surface area contributed by atoms with E-state index in [9.17, 15) is 4.79 Å². The highest BCUT2D eigenvalue weighted by atomic mass is 16.2. The summed E-state index contributed by atoms with van der Waals surface area (Å²) in [6.07, 6.45) is 1.82. The van der Waals surface area contributed by atoms with E-state index in [1.165, 1.54) is 0 Å². The molecule has 0 radical (unpaired) electrons. The van der Waals surface area contributed by atoms with Crippen LogP contribution in [0.5, 0.6) is 0 Å². The number of nitrogens with two attached hydrogens (primary N) is 1. The predicted octanol–water partition coefficient (Wildman–Crippen LogP) is -0.601. The lowest BCUT2D eigenvalue weighted by molar-refractivity contribution is 0.0637. The standard InChI is InChI=1S/C9H16N6O/c1-2-6-5-15(4-3-7(6)10)9(16)8-11-13-14-12-8/h6-7H,2-5,10H2,1H3,(H,11,12,13,14). The second kappa shape index (κ2) is 4.56. The van der Waals surface area contributed by atoms with E-state index in [-0.39, 0.29) is 17.8 Å². The zero-order chi connectivity index (χ0) is 11.5. The first-order valence-corrected chi connectivity index (χ1v) is 5.50. The molecule has 7 heteroatoms. The molecule has 0 aliphatic carbocycles. The molecule has 1 saturated heterocycles. The van der Waals surface area contributed by atoms with Crippen LogP contribution in [0, 0.1) is 5.92 Å². The molecule has 7 nitrogen and oxygen atoms in total. The Bertz CT molecular complexity index is 351. The van der Waals surface area contributed by atoms with Crippen LogP contribution in [-0.4, -0.2) is 50.6 Å². The Morgan fingerprint density at radius 2 is 2.50 bits per heavy atom. The lowest BCUT2D eigenvalue weighted by Crippen LogP contribution is -2.49. The number of rotatable bonds is 2. The van der Waals surface area contributed by atoms with Gasteiger partial charge in [-0.1, -0.05) is 13.3 Å². The van der Waals surface area contributed by atoms with Crippen LogP contribution in [0.25, 0.3) is 0 Å². The maximum atomic E-state index is 11.9. The number of aromatic amines is 1. The molecule has 2 heterocycles. The number of amides is 1. The first-order chi connectivity index (χ1) is 7.72. The Kier molecular flexibility index (Phi) is 3.14. The lowest BCUT2D eigenvalue weighted by Gasteiger charge is -2.35. The quantitative estimate of drug-likeness (QED) is 0.698. The third-order valence-corrected chi connectivity index (χ3v) is 3.14. The first-order valence-electron chi connectivity index (χ1n) is 5.50. The summed E-state index contributed by atoms with van der Waals surface area (Å²) in [6, 6.07) is 0.194.